The third kappa shape index (κ3) is 2.04. The van der Waals surface area contributed by atoms with Crippen LogP contribution >= 0.6 is 11.8 Å². The molecule has 1 aliphatic heterocycles. The second kappa shape index (κ2) is 4.24. The zero-order valence-electron chi connectivity index (χ0n) is 8.49. The predicted molar refractivity (Wildman–Crippen MR) is 63.4 cm³/mol. The predicted octanol–water partition coefficient (Wildman–Crippen LogP) is 1.95. The summed E-state index contributed by atoms with van der Waals surface area (Å²) in [5.74, 6) is 1.21. The smallest absolute Gasteiger partial charge is 0.0317 e. The fourth-order valence-electron chi connectivity index (χ4n) is 1.86. The Hall–Kier alpha value is -0.670. The molecule has 1 aromatic rings. The van der Waals surface area contributed by atoms with Crippen LogP contribution in [0.1, 0.15) is 11.1 Å². The van der Waals surface area contributed by atoms with Gasteiger partial charge in [-0.2, -0.15) is 11.8 Å². The highest BCUT2D eigenvalue weighted by Gasteiger charge is 2.17. The summed E-state index contributed by atoms with van der Waals surface area (Å²) in [5, 5.41) is 0. The third-order valence-electron chi connectivity index (χ3n) is 2.63. The van der Waals surface area contributed by atoms with Gasteiger partial charge >= 0.3 is 0 Å². The molecule has 0 unspecified atom stereocenters. The van der Waals surface area contributed by atoms with Gasteiger partial charge in [0, 0.05) is 31.1 Å². The minimum atomic E-state index is 0.885. The monoisotopic (exact) mass is 208 g/mol. The molecule has 0 bridgehead atoms. The standard InChI is InChI=1S/C11H16N2S/c1-14-5-4-13-7-9-2-3-11(12)6-10(9)8-13/h2-3,6H,4-5,7-8,12H2,1H3. The second-order valence-electron chi connectivity index (χ2n) is 3.73. The number of rotatable bonds is 3. The van der Waals surface area contributed by atoms with Gasteiger partial charge in [0.05, 0.1) is 0 Å². The van der Waals surface area contributed by atoms with E-state index in [9.17, 15) is 0 Å². The third-order valence-corrected chi connectivity index (χ3v) is 3.22. The van der Waals surface area contributed by atoms with Crippen molar-refractivity contribution in [2.24, 2.45) is 0 Å². The Morgan fingerprint density at radius 3 is 2.93 bits per heavy atom. The topological polar surface area (TPSA) is 29.3 Å². The first kappa shape index (κ1) is 9.87. The Morgan fingerprint density at radius 2 is 2.14 bits per heavy atom. The number of nitrogen functional groups attached to an aromatic ring is 1. The average Bonchev–Trinajstić information content (AvgIpc) is 2.56. The van der Waals surface area contributed by atoms with Crippen LogP contribution < -0.4 is 5.73 Å². The van der Waals surface area contributed by atoms with Crippen LogP contribution in [-0.4, -0.2) is 23.5 Å². The quantitative estimate of drug-likeness (QED) is 0.770. The molecular weight excluding hydrogens is 192 g/mol. The van der Waals surface area contributed by atoms with E-state index in [4.69, 9.17) is 5.73 Å². The highest BCUT2D eigenvalue weighted by Crippen LogP contribution is 2.24. The maximum absolute atomic E-state index is 5.75. The lowest BCUT2D eigenvalue weighted by atomic mass is 10.1. The second-order valence-corrected chi connectivity index (χ2v) is 4.72. The van der Waals surface area contributed by atoms with E-state index in [2.05, 4.69) is 23.3 Å². The van der Waals surface area contributed by atoms with E-state index in [1.165, 1.54) is 23.4 Å². The molecule has 2 rings (SSSR count). The Morgan fingerprint density at radius 1 is 1.36 bits per heavy atom. The minimum absolute atomic E-state index is 0.885. The van der Waals surface area contributed by atoms with Crippen molar-refractivity contribution in [1.82, 2.24) is 4.90 Å². The lowest BCUT2D eigenvalue weighted by Crippen LogP contribution is -2.19. The molecule has 0 radical (unpaired) electrons. The number of benzene rings is 1. The van der Waals surface area contributed by atoms with Crippen LogP contribution in [0.2, 0.25) is 0 Å². The fraction of sp³-hybridized carbons (Fsp3) is 0.455. The molecule has 2 N–H and O–H groups in total. The van der Waals surface area contributed by atoms with Crippen molar-refractivity contribution in [2.75, 3.05) is 24.3 Å². The molecule has 2 nitrogen and oxygen atoms in total. The van der Waals surface area contributed by atoms with Gasteiger partial charge in [-0.3, -0.25) is 4.90 Å². The van der Waals surface area contributed by atoms with E-state index in [-0.39, 0.29) is 0 Å². The lowest BCUT2D eigenvalue weighted by Gasteiger charge is -2.12. The van der Waals surface area contributed by atoms with Crippen molar-refractivity contribution in [3.8, 4) is 0 Å². The number of nitrogens with zero attached hydrogens (tertiary/aromatic N) is 1. The van der Waals surface area contributed by atoms with Gasteiger partial charge in [-0.15, -0.1) is 0 Å². The molecule has 0 spiro atoms. The summed E-state index contributed by atoms with van der Waals surface area (Å²) in [7, 11) is 0. The van der Waals surface area contributed by atoms with Gasteiger partial charge < -0.3 is 5.73 Å². The summed E-state index contributed by atoms with van der Waals surface area (Å²) in [4.78, 5) is 2.47. The first-order chi connectivity index (χ1) is 6.79. The van der Waals surface area contributed by atoms with Crippen molar-refractivity contribution in [1.29, 1.82) is 0 Å². The molecule has 0 saturated carbocycles. The van der Waals surface area contributed by atoms with Crippen LogP contribution in [0, 0.1) is 0 Å². The fourth-order valence-corrected chi connectivity index (χ4v) is 2.30. The molecule has 0 aromatic heterocycles. The number of thioether (sulfide) groups is 1. The lowest BCUT2D eigenvalue weighted by molar-refractivity contribution is 0.303. The van der Waals surface area contributed by atoms with Crippen molar-refractivity contribution in [2.45, 2.75) is 13.1 Å². The first-order valence-electron chi connectivity index (χ1n) is 4.88. The normalized spacial score (nSPS) is 15.8. The van der Waals surface area contributed by atoms with Crippen LogP contribution in [0.15, 0.2) is 18.2 Å². The largest absolute Gasteiger partial charge is 0.399 e. The molecule has 0 aliphatic carbocycles. The molecule has 76 valence electrons. The molecule has 1 heterocycles. The van der Waals surface area contributed by atoms with Crippen LogP contribution in [0.3, 0.4) is 0 Å². The molecule has 0 amide bonds. The van der Waals surface area contributed by atoms with E-state index in [1.54, 1.807) is 0 Å². The van der Waals surface area contributed by atoms with E-state index in [1.807, 2.05) is 17.8 Å². The summed E-state index contributed by atoms with van der Waals surface area (Å²) in [6.07, 6.45) is 2.15. The Balaban J connectivity index is 2.03. The molecule has 3 heteroatoms. The number of fused-ring (bicyclic) bond motifs is 1. The molecule has 0 atom stereocenters. The molecule has 1 aliphatic rings. The van der Waals surface area contributed by atoms with Crippen molar-refractivity contribution in [3.05, 3.63) is 29.3 Å². The summed E-state index contributed by atoms with van der Waals surface area (Å²) in [6, 6.07) is 6.26. The summed E-state index contributed by atoms with van der Waals surface area (Å²) >= 11 is 1.90. The Labute approximate surface area is 89.5 Å². The van der Waals surface area contributed by atoms with Crippen molar-refractivity contribution < 1.29 is 0 Å². The molecule has 0 fully saturated rings. The maximum Gasteiger partial charge on any atom is 0.0317 e. The zero-order chi connectivity index (χ0) is 9.97. The molecule has 1 aromatic carbocycles. The minimum Gasteiger partial charge on any atom is -0.399 e. The molecular formula is C11H16N2S. The number of anilines is 1. The first-order valence-corrected chi connectivity index (χ1v) is 6.27. The van der Waals surface area contributed by atoms with Crippen LogP contribution in [0.5, 0.6) is 0 Å². The van der Waals surface area contributed by atoms with Crippen LogP contribution in [-0.2, 0) is 13.1 Å². The number of hydrogen-bond acceptors (Lipinski definition) is 3. The number of hydrogen-bond donors (Lipinski definition) is 1. The zero-order valence-corrected chi connectivity index (χ0v) is 9.31. The van der Waals surface area contributed by atoms with Gasteiger partial charge in [-0.05, 0) is 29.5 Å². The van der Waals surface area contributed by atoms with E-state index in [0.717, 1.165) is 18.8 Å². The molecule has 0 saturated heterocycles. The highest BCUT2D eigenvalue weighted by molar-refractivity contribution is 7.98. The summed E-state index contributed by atoms with van der Waals surface area (Å²) in [6.45, 7) is 3.34. The maximum atomic E-state index is 5.75. The van der Waals surface area contributed by atoms with E-state index < -0.39 is 0 Å². The van der Waals surface area contributed by atoms with E-state index >= 15 is 0 Å². The number of nitrogens with two attached hydrogens (primary N) is 1. The SMILES string of the molecule is CSCCN1Cc2ccc(N)cc2C1. The Kier molecular flexibility index (Phi) is 2.99. The van der Waals surface area contributed by atoms with Crippen molar-refractivity contribution in [3.63, 3.8) is 0 Å². The summed E-state index contributed by atoms with van der Waals surface area (Å²) < 4.78 is 0. The van der Waals surface area contributed by atoms with Gasteiger partial charge in [-0.25, -0.2) is 0 Å². The van der Waals surface area contributed by atoms with Crippen molar-refractivity contribution >= 4 is 17.4 Å². The molecule has 14 heavy (non-hydrogen) atoms. The van der Waals surface area contributed by atoms with Gasteiger partial charge in [-0.1, -0.05) is 6.07 Å². The Bertz CT molecular complexity index is 325. The van der Waals surface area contributed by atoms with Gasteiger partial charge in [0.1, 0.15) is 0 Å². The van der Waals surface area contributed by atoms with Gasteiger partial charge in [0.15, 0.2) is 0 Å². The summed E-state index contributed by atoms with van der Waals surface area (Å²) in [5.41, 5.74) is 9.49. The van der Waals surface area contributed by atoms with E-state index in [0.29, 0.717) is 0 Å². The highest BCUT2D eigenvalue weighted by atomic mass is 32.2. The van der Waals surface area contributed by atoms with Gasteiger partial charge in [0.2, 0.25) is 0 Å². The van der Waals surface area contributed by atoms with Gasteiger partial charge in [0.25, 0.3) is 0 Å². The van der Waals surface area contributed by atoms with Crippen LogP contribution in [0.4, 0.5) is 5.69 Å². The average molecular weight is 208 g/mol. The van der Waals surface area contributed by atoms with Crippen LogP contribution in [0.25, 0.3) is 0 Å².